The quantitative estimate of drug-likeness (QED) is 0.879. The van der Waals surface area contributed by atoms with Crippen LogP contribution in [0.1, 0.15) is 31.0 Å². The maximum atomic E-state index is 12.5. The van der Waals surface area contributed by atoms with E-state index in [4.69, 9.17) is 5.41 Å². The van der Waals surface area contributed by atoms with Crippen LogP contribution in [0.15, 0.2) is 21.5 Å². The molecule has 0 bridgehead atoms. The molecule has 0 saturated heterocycles. The molecule has 5 nitrogen and oxygen atoms in total. The first-order valence-corrected chi connectivity index (χ1v) is 7.49. The molecule has 0 spiro atoms. The van der Waals surface area contributed by atoms with E-state index in [2.05, 4.69) is 15.4 Å². The summed E-state index contributed by atoms with van der Waals surface area (Å²) in [6.07, 6.45) is 3.28. The van der Waals surface area contributed by atoms with E-state index in [1.54, 1.807) is 19.2 Å². The molecule has 1 aliphatic heterocycles. The number of nitrogens with one attached hydrogen (secondary N) is 1. The summed E-state index contributed by atoms with van der Waals surface area (Å²) in [5.41, 5.74) is 0.773. The first kappa shape index (κ1) is 11.4. The highest BCUT2D eigenvalue weighted by atomic mass is 32.2. The van der Waals surface area contributed by atoms with Gasteiger partial charge in [-0.05, 0) is 24.5 Å². The smallest absolute Gasteiger partial charge is 0.181 e. The molecular formula is C12H12N4OS. The lowest BCUT2D eigenvalue weighted by Crippen LogP contribution is -2.08. The van der Waals surface area contributed by atoms with Crippen molar-refractivity contribution in [1.29, 1.82) is 10.7 Å². The third kappa shape index (κ3) is 1.34. The van der Waals surface area contributed by atoms with Crippen molar-refractivity contribution in [3.63, 3.8) is 0 Å². The van der Waals surface area contributed by atoms with Gasteiger partial charge in [0.05, 0.1) is 26.1 Å². The zero-order chi connectivity index (χ0) is 13.0. The molecule has 2 heterocycles. The molecule has 18 heavy (non-hydrogen) atoms. The minimum absolute atomic E-state index is 0.00907. The predicted octanol–water partition coefficient (Wildman–Crippen LogP) is 1.82. The minimum Gasteiger partial charge on any atom is -0.280 e. The largest absolute Gasteiger partial charge is 0.280 e. The summed E-state index contributed by atoms with van der Waals surface area (Å²) >= 11 is 0. The van der Waals surface area contributed by atoms with Crippen LogP contribution >= 0.6 is 0 Å². The number of rotatable bonds is 2. The van der Waals surface area contributed by atoms with Crippen molar-refractivity contribution in [2.45, 2.75) is 30.1 Å². The van der Waals surface area contributed by atoms with Gasteiger partial charge < -0.3 is 0 Å². The Morgan fingerprint density at radius 2 is 2.33 bits per heavy atom. The van der Waals surface area contributed by atoms with Crippen LogP contribution in [0.2, 0.25) is 0 Å². The summed E-state index contributed by atoms with van der Waals surface area (Å²) < 4.78 is 16.5. The monoisotopic (exact) mass is 260 g/mol. The summed E-state index contributed by atoms with van der Waals surface area (Å²) in [7, 11) is -2.53. The lowest BCUT2D eigenvalue weighted by atomic mass is 9.99. The van der Waals surface area contributed by atoms with Crippen LogP contribution in [0, 0.1) is 16.7 Å². The molecule has 1 N–H and O–H groups in total. The van der Waals surface area contributed by atoms with Gasteiger partial charge in [0.2, 0.25) is 0 Å². The van der Waals surface area contributed by atoms with E-state index in [1.807, 2.05) is 0 Å². The lowest BCUT2D eigenvalue weighted by Gasteiger charge is -2.09. The predicted molar refractivity (Wildman–Crippen MR) is 67.0 cm³/mol. The molecule has 1 saturated carbocycles. The molecule has 3 rings (SSSR count). The Kier molecular flexibility index (Phi) is 2.14. The van der Waals surface area contributed by atoms with Crippen molar-refractivity contribution in [1.82, 2.24) is 4.98 Å². The second kappa shape index (κ2) is 3.39. The Morgan fingerprint density at radius 3 is 2.89 bits per heavy atom. The molecule has 2 aliphatic rings. The summed E-state index contributed by atoms with van der Waals surface area (Å²) in [6.45, 7) is 1.79. The lowest BCUT2D eigenvalue weighted by molar-refractivity contribution is 0.678. The van der Waals surface area contributed by atoms with E-state index in [-0.39, 0.29) is 5.84 Å². The molecule has 1 aromatic heterocycles. The van der Waals surface area contributed by atoms with Crippen LogP contribution in [0.5, 0.6) is 0 Å². The normalized spacial score (nSPS) is 27.2. The average Bonchev–Trinajstić information content (AvgIpc) is 3.14. The molecule has 0 aromatic carbocycles. The molecule has 1 unspecified atom stereocenters. The number of aromatic nitrogens is 1. The number of nitrogens with zero attached hydrogens (tertiary/aromatic N) is 3. The van der Waals surface area contributed by atoms with Crippen molar-refractivity contribution in [2.24, 2.45) is 4.36 Å². The molecule has 1 atom stereocenters. The number of pyridine rings is 1. The number of nitriles is 1. The van der Waals surface area contributed by atoms with Crippen LogP contribution in [0.4, 0.5) is 0 Å². The maximum absolute atomic E-state index is 12.5. The highest BCUT2D eigenvalue weighted by Crippen LogP contribution is 2.48. The van der Waals surface area contributed by atoms with E-state index in [0.29, 0.717) is 16.3 Å². The van der Waals surface area contributed by atoms with E-state index in [0.717, 1.165) is 18.4 Å². The molecule has 92 valence electrons. The first-order valence-electron chi connectivity index (χ1n) is 5.80. The summed E-state index contributed by atoms with van der Waals surface area (Å²) in [6, 6.07) is 4.07. The zero-order valence-electron chi connectivity index (χ0n) is 9.93. The molecular weight excluding hydrogens is 248 g/mol. The van der Waals surface area contributed by atoms with Crippen LogP contribution < -0.4 is 0 Å². The van der Waals surface area contributed by atoms with Crippen LogP contribution in [-0.2, 0) is 15.1 Å². The Morgan fingerprint density at radius 1 is 1.61 bits per heavy atom. The van der Waals surface area contributed by atoms with Gasteiger partial charge in [-0.1, -0.05) is 6.92 Å². The summed E-state index contributed by atoms with van der Waals surface area (Å²) in [5.74, 6) is 0.359. The van der Waals surface area contributed by atoms with Gasteiger partial charge >= 0.3 is 0 Å². The SMILES string of the molecule is CCS1(=O)=NC(=N)c2ncc(C3(C#N)CC3)cc21. The molecule has 6 heteroatoms. The number of hydrogen-bond donors (Lipinski definition) is 1. The standard InChI is InChI=1S/C12H12N4OS/c1-2-18(17)9-5-8(12(7-13)3-4-12)6-15-10(9)11(14)16-18/h5-6,14H,2-4H2,1H3. The summed E-state index contributed by atoms with van der Waals surface area (Å²) in [5, 5.41) is 16.9. The van der Waals surface area contributed by atoms with Gasteiger partial charge in [-0.2, -0.15) is 9.62 Å². The van der Waals surface area contributed by atoms with Gasteiger partial charge in [0.1, 0.15) is 5.69 Å². The van der Waals surface area contributed by atoms with Gasteiger partial charge in [-0.3, -0.25) is 10.4 Å². The molecule has 1 aromatic rings. The number of amidine groups is 1. The second-order valence-corrected chi connectivity index (χ2v) is 7.11. The molecule has 1 fully saturated rings. The van der Waals surface area contributed by atoms with Crippen molar-refractivity contribution < 1.29 is 4.21 Å². The average molecular weight is 260 g/mol. The van der Waals surface area contributed by atoms with Crippen LogP contribution in [0.3, 0.4) is 0 Å². The fraction of sp³-hybridized carbons (Fsp3) is 0.417. The maximum Gasteiger partial charge on any atom is 0.181 e. The van der Waals surface area contributed by atoms with Gasteiger partial charge in [-0.15, -0.1) is 0 Å². The van der Waals surface area contributed by atoms with Gasteiger partial charge in [0.15, 0.2) is 5.84 Å². The minimum atomic E-state index is -2.53. The highest BCUT2D eigenvalue weighted by Gasteiger charge is 2.46. The fourth-order valence-corrected chi connectivity index (χ4v) is 3.86. The van der Waals surface area contributed by atoms with Crippen molar-refractivity contribution in [2.75, 3.05) is 5.75 Å². The van der Waals surface area contributed by atoms with E-state index in [9.17, 15) is 9.47 Å². The second-order valence-electron chi connectivity index (χ2n) is 4.63. The zero-order valence-corrected chi connectivity index (χ0v) is 10.8. The molecule has 1 aliphatic carbocycles. The van der Waals surface area contributed by atoms with Crippen molar-refractivity contribution >= 4 is 15.6 Å². The van der Waals surface area contributed by atoms with E-state index >= 15 is 0 Å². The number of fused-ring (bicyclic) bond motifs is 1. The topological polar surface area (TPSA) is 90.0 Å². The van der Waals surface area contributed by atoms with Crippen LogP contribution in [0.25, 0.3) is 0 Å². The number of hydrogen-bond acceptors (Lipinski definition) is 4. The summed E-state index contributed by atoms with van der Waals surface area (Å²) in [4.78, 5) is 4.73. The molecule has 0 amide bonds. The molecule has 0 radical (unpaired) electrons. The van der Waals surface area contributed by atoms with Crippen molar-refractivity contribution in [3.05, 3.63) is 23.5 Å². The van der Waals surface area contributed by atoms with Gasteiger partial charge in [-0.25, -0.2) is 4.21 Å². The Labute approximate surface area is 106 Å². The third-order valence-corrected chi connectivity index (χ3v) is 5.83. The Bertz CT molecular complexity index is 718. The van der Waals surface area contributed by atoms with Crippen LogP contribution in [-0.4, -0.2) is 20.8 Å². The third-order valence-electron chi connectivity index (χ3n) is 3.57. The Balaban J connectivity index is 2.22. The van der Waals surface area contributed by atoms with Crippen molar-refractivity contribution in [3.8, 4) is 6.07 Å². The Hall–Kier alpha value is -1.74. The van der Waals surface area contributed by atoms with E-state index in [1.165, 1.54) is 0 Å². The van der Waals surface area contributed by atoms with Gasteiger partial charge in [0, 0.05) is 11.9 Å². The van der Waals surface area contributed by atoms with Gasteiger partial charge in [0.25, 0.3) is 0 Å². The fourth-order valence-electron chi connectivity index (χ4n) is 2.18. The highest BCUT2D eigenvalue weighted by molar-refractivity contribution is 7.94. The van der Waals surface area contributed by atoms with E-state index < -0.39 is 15.1 Å². The first-order chi connectivity index (χ1) is 8.54.